The van der Waals surface area contributed by atoms with Gasteiger partial charge in [-0.05, 0) is 25.5 Å². The molecule has 0 aliphatic rings. The van der Waals surface area contributed by atoms with Crippen LogP contribution in [0.2, 0.25) is 0 Å². The van der Waals surface area contributed by atoms with Gasteiger partial charge in [0.2, 0.25) is 5.91 Å². The number of amides is 1. The minimum Gasteiger partial charge on any atom is -0.306 e. The molecule has 1 amide bonds. The molecular formula is C14H16F2N4O4S. The zero-order valence-electron chi connectivity index (χ0n) is 13.1. The molecule has 0 saturated heterocycles. The third-order valence-electron chi connectivity index (χ3n) is 3.75. The predicted molar refractivity (Wildman–Crippen MR) is 83.7 cm³/mol. The summed E-state index contributed by atoms with van der Waals surface area (Å²) in [5.74, 6) is -3.26. The van der Waals surface area contributed by atoms with E-state index < -0.39 is 34.0 Å². The number of halogens is 2. The summed E-state index contributed by atoms with van der Waals surface area (Å²) in [7, 11) is 0. The summed E-state index contributed by atoms with van der Waals surface area (Å²) in [6.07, 6.45) is 1.42. The topological polar surface area (TPSA) is 117 Å². The molecule has 2 rings (SSSR count). The SMILES string of the molecule is C[C@](CCn1cc(-c2cccc(F)c2F)nn1)(CS(=O)O)C(=O)NO. The molecule has 25 heavy (non-hydrogen) atoms. The van der Waals surface area contributed by atoms with Crippen molar-refractivity contribution in [2.24, 2.45) is 5.41 Å². The van der Waals surface area contributed by atoms with Crippen LogP contribution in [-0.4, -0.2) is 40.6 Å². The molecule has 1 aromatic heterocycles. The Kier molecular flexibility index (Phi) is 5.93. The van der Waals surface area contributed by atoms with Crippen molar-refractivity contribution in [3.05, 3.63) is 36.0 Å². The number of nitrogens with zero attached hydrogens (tertiary/aromatic N) is 3. The summed E-state index contributed by atoms with van der Waals surface area (Å²) < 4.78 is 48.4. The molecule has 0 saturated carbocycles. The minimum atomic E-state index is -2.25. The number of hydrogen-bond donors (Lipinski definition) is 3. The van der Waals surface area contributed by atoms with Crippen molar-refractivity contribution >= 4 is 17.0 Å². The normalized spacial score (nSPS) is 14.8. The van der Waals surface area contributed by atoms with Gasteiger partial charge in [-0.1, -0.05) is 11.3 Å². The largest absolute Gasteiger partial charge is 0.306 e. The van der Waals surface area contributed by atoms with Crippen molar-refractivity contribution < 1.29 is 27.5 Å². The van der Waals surface area contributed by atoms with Crippen molar-refractivity contribution in [1.29, 1.82) is 0 Å². The first-order chi connectivity index (χ1) is 11.8. The van der Waals surface area contributed by atoms with E-state index in [0.29, 0.717) is 0 Å². The van der Waals surface area contributed by atoms with E-state index in [0.717, 1.165) is 6.07 Å². The number of aromatic nitrogens is 3. The smallest absolute Gasteiger partial charge is 0.250 e. The Morgan fingerprint density at radius 3 is 2.80 bits per heavy atom. The van der Waals surface area contributed by atoms with Gasteiger partial charge in [-0.25, -0.2) is 18.5 Å². The molecule has 0 bridgehead atoms. The van der Waals surface area contributed by atoms with Gasteiger partial charge in [0.15, 0.2) is 22.7 Å². The quantitative estimate of drug-likeness (QED) is 0.383. The number of rotatable bonds is 7. The van der Waals surface area contributed by atoms with Crippen molar-refractivity contribution in [1.82, 2.24) is 20.5 Å². The molecule has 136 valence electrons. The molecule has 11 heteroatoms. The molecule has 0 radical (unpaired) electrons. The molecule has 1 heterocycles. The summed E-state index contributed by atoms with van der Waals surface area (Å²) in [5.41, 5.74) is 0.193. The molecule has 3 N–H and O–H groups in total. The van der Waals surface area contributed by atoms with Gasteiger partial charge < -0.3 is 4.55 Å². The zero-order valence-corrected chi connectivity index (χ0v) is 14.0. The highest BCUT2D eigenvalue weighted by Gasteiger charge is 2.35. The van der Waals surface area contributed by atoms with E-state index in [1.54, 1.807) is 0 Å². The maximum Gasteiger partial charge on any atom is 0.250 e. The van der Waals surface area contributed by atoms with Crippen LogP contribution in [-0.2, 0) is 22.4 Å². The van der Waals surface area contributed by atoms with E-state index in [2.05, 4.69) is 10.3 Å². The molecule has 8 nitrogen and oxygen atoms in total. The maximum atomic E-state index is 13.8. The second kappa shape index (κ2) is 7.76. The Balaban J connectivity index is 2.16. The Bertz CT molecular complexity index is 801. The van der Waals surface area contributed by atoms with Gasteiger partial charge in [0.05, 0.1) is 17.4 Å². The Morgan fingerprint density at radius 2 is 2.16 bits per heavy atom. The average Bonchev–Trinajstić information content (AvgIpc) is 3.03. The number of hydrogen-bond acceptors (Lipinski definition) is 5. The summed E-state index contributed by atoms with van der Waals surface area (Å²) >= 11 is -2.25. The highest BCUT2D eigenvalue weighted by Crippen LogP contribution is 2.25. The summed E-state index contributed by atoms with van der Waals surface area (Å²) in [6.45, 7) is 1.52. The van der Waals surface area contributed by atoms with Crippen molar-refractivity contribution in [2.75, 3.05) is 5.75 Å². The number of aryl methyl sites for hydroxylation is 1. The monoisotopic (exact) mass is 374 g/mol. The van der Waals surface area contributed by atoms with Gasteiger partial charge in [-0.2, -0.15) is 0 Å². The van der Waals surface area contributed by atoms with E-state index in [9.17, 15) is 17.8 Å². The molecule has 0 aliphatic carbocycles. The molecule has 2 aromatic rings. The van der Waals surface area contributed by atoms with Crippen LogP contribution in [0.3, 0.4) is 0 Å². The fourth-order valence-corrected chi connectivity index (χ4v) is 3.07. The van der Waals surface area contributed by atoms with Crippen molar-refractivity contribution in [3.8, 4) is 11.3 Å². The van der Waals surface area contributed by atoms with Gasteiger partial charge >= 0.3 is 0 Å². The zero-order chi connectivity index (χ0) is 18.6. The summed E-state index contributed by atoms with van der Waals surface area (Å²) in [4.78, 5) is 11.8. The first kappa shape index (κ1) is 19.1. The first-order valence-electron chi connectivity index (χ1n) is 7.13. The van der Waals surface area contributed by atoms with E-state index >= 15 is 0 Å². The van der Waals surface area contributed by atoms with E-state index in [4.69, 9.17) is 9.76 Å². The number of carbonyl (C=O) groups is 1. The van der Waals surface area contributed by atoms with Crippen LogP contribution in [0.1, 0.15) is 13.3 Å². The van der Waals surface area contributed by atoms with Gasteiger partial charge in [0, 0.05) is 12.1 Å². The van der Waals surface area contributed by atoms with Gasteiger partial charge in [0.25, 0.3) is 0 Å². The van der Waals surface area contributed by atoms with Gasteiger partial charge in [-0.15, -0.1) is 5.10 Å². The Hall–Kier alpha value is -2.24. The number of nitrogens with one attached hydrogen (secondary N) is 1. The van der Waals surface area contributed by atoms with Crippen LogP contribution in [0.4, 0.5) is 8.78 Å². The van der Waals surface area contributed by atoms with E-state index in [1.165, 1.54) is 35.4 Å². The minimum absolute atomic E-state index is 0.0557. The highest BCUT2D eigenvalue weighted by molar-refractivity contribution is 7.79. The fourth-order valence-electron chi connectivity index (χ4n) is 2.25. The van der Waals surface area contributed by atoms with Crippen LogP contribution in [0.15, 0.2) is 24.4 Å². The Morgan fingerprint density at radius 1 is 1.44 bits per heavy atom. The van der Waals surface area contributed by atoms with Crippen LogP contribution >= 0.6 is 0 Å². The molecule has 0 spiro atoms. The second-order valence-corrected chi connectivity index (χ2v) is 6.62. The number of benzene rings is 1. The molecule has 0 fully saturated rings. The molecule has 1 aromatic carbocycles. The summed E-state index contributed by atoms with van der Waals surface area (Å²) in [6, 6.07) is 3.67. The van der Waals surface area contributed by atoms with Crippen LogP contribution in [0.5, 0.6) is 0 Å². The highest BCUT2D eigenvalue weighted by atomic mass is 32.2. The van der Waals surface area contributed by atoms with Crippen LogP contribution < -0.4 is 5.48 Å². The van der Waals surface area contributed by atoms with Crippen LogP contribution in [0, 0.1) is 17.0 Å². The lowest BCUT2D eigenvalue weighted by molar-refractivity contribution is -0.138. The van der Waals surface area contributed by atoms with Gasteiger partial charge in [-0.3, -0.25) is 14.7 Å². The molecule has 1 unspecified atom stereocenters. The van der Waals surface area contributed by atoms with Crippen molar-refractivity contribution in [2.45, 2.75) is 19.9 Å². The number of carbonyl (C=O) groups excluding carboxylic acids is 1. The van der Waals surface area contributed by atoms with E-state index in [-0.39, 0.29) is 30.0 Å². The third-order valence-corrected chi connectivity index (χ3v) is 4.63. The summed E-state index contributed by atoms with van der Waals surface area (Å²) in [5, 5.41) is 16.3. The lowest BCUT2D eigenvalue weighted by Crippen LogP contribution is -2.42. The third kappa shape index (κ3) is 4.44. The predicted octanol–water partition coefficient (Wildman–Crippen LogP) is 1.35. The molecule has 2 atom stereocenters. The lowest BCUT2D eigenvalue weighted by Gasteiger charge is -2.25. The van der Waals surface area contributed by atoms with E-state index in [1.807, 2.05) is 0 Å². The average molecular weight is 374 g/mol. The Labute approximate surface area is 144 Å². The standard InChI is InChI=1S/C14H16F2N4O4S/c1-14(8-25(23)24,13(21)18-22)5-6-20-7-11(17-19-20)9-3-2-4-10(15)12(9)16/h2-4,7,22H,5-6,8H2,1H3,(H,18,21)(H,23,24)/t14-/m0/s1. The molecule has 0 aliphatic heterocycles. The van der Waals surface area contributed by atoms with Crippen LogP contribution in [0.25, 0.3) is 11.3 Å². The second-order valence-electron chi connectivity index (χ2n) is 5.69. The number of hydroxylamine groups is 1. The maximum absolute atomic E-state index is 13.8. The van der Waals surface area contributed by atoms with Crippen molar-refractivity contribution in [3.63, 3.8) is 0 Å². The first-order valence-corrected chi connectivity index (χ1v) is 8.41. The van der Waals surface area contributed by atoms with Gasteiger partial charge in [0.1, 0.15) is 5.69 Å². The fraction of sp³-hybridized carbons (Fsp3) is 0.357. The lowest BCUT2D eigenvalue weighted by atomic mass is 9.88. The molecular weight excluding hydrogens is 358 g/mol.